The largest absolute Gasteiger partial charge is 0.348 e. The van der Waals surface area contributed by atoms with Gasteiger partial charge in [0, 0.05) is 23.2 Å². The highest BCUT2D eigenvalue weighted by molar-refractivity contribution is 7.99. The summed E-state index contributed by atoms with van der Waals surface area (Å²) in [6, 6.07) is 9.15. The number of benzene rings is 1. The van der Waals surface area contributed by atoms with Gasteiger partial charge in [-0.25, -0.2) is 4.98 Å². The third-order valence-electron chi connectivity index (χ3n) is 3.41. The summed E-state index contributed by atoms with van der Waals surface area (Å²) in [7, 11) is 0. The van der Waals surface area contributed by atoms with E-state index in [1.165, 1.54) is 22.6 Å². The molecule has 3 rings (SSSR count). The van der Waals surface area contributed by atoms with E-state index in [1.54, 1.807) is 6.33 Å². The van der Waals surface area contributed by atoms with E-state index in [2.05, 4.69) is 46.5 Å². The minimum absolute atomic E-state index is 0.457. The molecule has 0 bridgehead atoms. The average Bonchev–Trinajstić information content (AvgIpc) is 2.82. The monoisotopic (exact) mass is 259 g/mol. The van der Waals surface area contributed by atoms with Crippen LogP contribution in [0.15, 0.2) is 35.5 Å². The van der Waals surface area contributed by atoms with Gasteiger partial charge in [0.15, 0.2) is 0 Å². The van der Waals surface area contributed by atoms with Crippen molar-refractivity contribution in [2.75, 3.05) is 5.75 Å². The summed E-state index contributed by atoms with van der Waals surface area (Å²) in [6.45, 7) is 2.90. The number of imidazole rings is 1. The molecule has 0 spiro atoms. The Morgan fingerprint density at radius 3 is 3.17 bits per heavy atom. The van der Waals surface area contributed by atoms with Gasteiger partial charge >= 0.3 is 0 Å². The molecule has 0 radical (unpaired) electrons. The summed E-state index contributed by atoms with van der Waals surface area (Å²) in [5.74, 6) is 1.19. The fourth-order valence-electron chi connectivity index (χ4n) is 2.34. The summed E-state index contributed by atoms with van der Waals surface area (Å²) in [5, 5.41) is 3.63. The molecular formula is C14H17N3S. The van der Waals surface area contributed by atoms with E-state index >= 15 is 0 Å². The summed E-state index contributed by atoms with van der Waals surface area (Å²) in [5.41, 5.74) is 3.70. The zero-order valence-electron chi connectivity index (χ0n) is 10.4. The Kier molecular flexibility index (Phi) is 3.39. The van der Waals surface area contributed by atoms with Crippen molar-refractivity contribution in [3.63, 3.8) is 0 Å². The Hall–Kier alpha value is -1.26. The molecule has 2 heterocycles. The van der Waals surface area contributed by atoms with Crippen LogP contribution in [0.1, 0.15) is 29.4 Å². The van der Waals surface area contributed by atoms with Gasteiger partial charge in [-0.15, -0.1) is 11.8 Å². The molecule has 94 valence electrons. The van der Waals surface area contributed by atoms with Crippen molar-refractivity contribution < 1.29 is 0 Å². The van der Waals surface area contributed by atoms with E-state index in [0.717, 1.165) is 17.9 Å². The molecule has 1 atom stereocenters. The molecule has 1 aliphatic rings. The number of nitrogens with one attached hydrogen (secondary N) is 2. The highest BCUT2D eigenvalue weighted by Gasteiger charge is 2.19. The van der Waals surface area contributed by atoms with Crippen molar-refractivity contribution in [2.45, 2.75) is 30.8 Å². The molecule has 0 aliphatic carbocycles. The second kappa shape index (κ2) is 5.16. The summed E-state index contributed by atoms with van der Waals surface area (Å²) in [6.07, 6.45) is 2.95. The number of hydrogen-bond donors (Lipinski definition) is 2. The van der Waals surface area contributed by atoms with Crippen LogP contribution in [0.25, 0.3) is 0 Å². The molecule has 2 aromatic rings. The summed E-state index contributed by atoms with van der Waals surface area (Å²) >= 11 is 1.96. The van der Waals surface area contributed by atoms with Crippen molar-refractivity contribution in [3.05, 3.63) is 47.5 Å². The molecule has 0 saturated heterocycles. The van der Waals surface area contributed by atoms with Gasteiger partial charge in [-0.05, 0) is 30.7 Å². The highest BCUT2D eigenvalue weighted by Crippen LogP contribution is 2.35. The molecule has 4 heteroatoms. The Bertz CT molecular complexity index is 535. The van der Waals surface area contributed by atoms with Crippen LogP contribution in [0.2, 0.25) is 0 Å². The van der Waals surface area contributed by atoms with Crippen LogP contribution in [0.5, 0.6) is 0 Å². The first-order chi connectivity index (χ1) is 8.84. The fourth-order valence-corrected chi connectivity index (χ4v) is 3.46. The first-order valence-electron chi connectivity index (χ1n) is 6.28. The van der Waals surface area contributed by atoms with E-state index < -0.39 is 0 Å². The number of hydrogen-bond acceptors (Lipinski definition) is 3. The maximum Gasteiger partial charge on any atom is 0.0925 e. The number of aromatic amines is 1. The minimum atomic E-state index is 0.457. The fraction of sp³-hybridized carbons (Fsp3) is 0.357. The topological polar surface area (TPSA) is 40.7 Å². The van der Waals surface area contributed by atoms with Crippen LogP contribution in [0.4, 0.5) is 0 Å². The van der Waals surface area contributed by atoms with Crippen LogP contribution in [-0.4, -0.2) is 15.7 Å². The lowest BCUT2D eigenvalue weighted by atomic mass is 10.0. The van der Waals surface area contributed by atoms with Gasteiger partial charge < -0.3 is 10.3 Å². The zero-order chi connectivity index (χ0) is 12.4. The third kappa shape index (κ3) is 2.31. The lowest BCUT2D eigenvalue weighted by Crippen LogP contribution is -2.24. The Morgan fingerprint density at radius 2 is 2.33 bits per heavy atom. The van der Waals surface area contributed by atoms with E-state index in [1.807, 2.05) is 11.8 Å². The first kappa shape index (κ1) is 11.8. The minimum Gasteiger partial charge on any atom is -0.348 e. The Morgan fingerprint density at radius 1 is 1.44 bits per heavy atom. The maximum absolute atomic E-state index is 4.33. The number of fused-ring (bicyclic) bond motifs is 1. The molecule has 1 aliphatic heterocycles. The summed E-state index contributed by atoms with van der Waals surface area (Å²) in [4.78, 5) is 8.87. The van der Waals surface area contributed by atoms with Gasteiger partial charge in [-0.2, -0.15) is 0 Å². The molecular weight excluding hydrogens is 242 g/mol. The smallest absolute Gasteiger partial charge is 0.0925 e. The number of aryl methyl sites for hydroxylation is 1. The molecule has 3 nitrogen and oxygen atoms in total. The lowest BCUT2D eigenvalue weighted by molar-refractivity contribution is 0.505. The second-order valence-electron chi connectivity index (χ2n) is 4.58. The molecule has 1 unspecified atom stereocenters. The van der Waals surface area contributed by atoms with Gasteiger partial charge in [0.05, 0.1) is 12.0 Å². The number of aromatic nitrogens is 2. The van der Waals surface area contributed by atoms with Crippen molar-refractivity contribution in [3.8, 4) is 0 Å². The van der Waals surface area contributed by atoms with Gasteiger partial charge in [0.1, 0.15) is 0 Å². The Labute approximate surface area is 111 Å². The van der Waals surface area contributed by atoms with E-state index in [-0.39, 0.29) is 0 Å². The van der Waals surface area contributed by atoms with Crippen LogP contribution >= 0.6 is 11.8 Å². The van der Waals surface area contributed by atoms with Crippen LogP contribution in [0, 0.1) is 6.92 Å². The number of nitrogens with zero attached hydrogens (tertiary/aromatic N) is 1. The van der Waals surface area contributed by atoms with Crippen LogP contribution in [0.3, 0.4) is 0 Å². The van der Waals surface area contributed by atoms with E-state index in [9.17, 15) is 0 Å². The number of H-pyrrole nitrogens is 1. The highest BCUT2D eigenvalue weighted by atomic mass is 32.2. The third-order valence-corrected chi connectivity index (χ3v) is 4.53. The van der Waals surface area contributed by atoms with Crippen molar-refractivity contribution in [2.24, 2.45) is 0 Å². The molecule has 0 fully saturated rings. The number of thioether (sulfide) groups is 1. The van der Waals surface area contributed by atoms with Gasteiger partial charge in [-0.3, -0.25) is 0 Å². The molecule has 1 aromatic carbocycles. The average molecular weight is 259 g/mol. The molecule has 2 N–H and O–H groups in total. The second-order valence-corrected chi connectivity index (χ2v) is 5.72. The zero-order valence-corrected chi connectivity index (χ0v) is 11.3. The van der Waals surface area contributed by atoms with Gasteiger partial charge in [0.2, 0.25) is 0 Å². The molecule has 18 heavy (non-hydrogen) atoms. The maximum atomic E-state index is 4.33. The Balaban J connectivity index is 1.73. The van der Waals surface area contributed by atoms with E-state index in [4.69, 9.17) is 0 Å². The van der Waals surface area contributed by atoms with Gasteiger partial charge in [0.25, 0.3) is 0 Å². The molecule has 0 amide bonds. The van der Waals surface area contributed by atoms with E-state index in [0.29, 0.717) is 6.04 Å². The van der Waals surface area contributed by atoms with Gasteiger partial charge in [-0.1, -0.05) is 18.2 Å². The normalized spacial score (nSPS) is 18.6. The first-order valence-corrected chi connectivity index (χ1v) is 7.27. The summed E-state index contributed by atoms with van der Waals surface area (Å²) < 4.78 is 0. The van der Waals surface area contributed by atoms with Crippen LogP contribution in [-0.2, 0) is 6.54 Å². The van der Waals surface area contributed by atoms with Crippen LogP contribution < -0.4 is 5.32 Å². The van der Waals surface area contributed by atoms with Crippen molar-refractivity contribution in [1.29, 1.82) is 0 Å². The van der Waals surface area contributed by atoms with Crippen molar-refractivity contribution >= 4 is 11.8 Å². The lowest BCUT2D eigenvalue weighted by Gasteiger charge is -2.25. The quantitative estimate of drug-likeness (QED) is 0.890. The number of rotatable bonds is 3. The SMILES string of the molecule is Cc1[nH]cnc1CNC1CCSc2ccccc21. The predicted octanol–water partition coefficient (Wildman–Crippen LogP) is 3.04. The predicted molar refractivity (Wildman–Crippen MR) is 74.7 cm³/mol. The van der Waals surface area contributed by atoms with Crippen molar-refractivity contribution in [1.82, 2.24) is 15.3 Å². The standard InChI is InChI=1S/C14H17N3S/c1-10-13(17-9-16-10)8-15-12-6-7-18-14-5-3-2-4-11(12)14/h2-5,9,12,15H,6-8H2,1H3,(H,16,17). The molecule has 0 saturated carbocycles. The molecule has 1 aromatic heterocycles.